The third-order valence-electron chi connectivity index (χ3n) is 3.36. The van der Waals surface area contributed by atoms with Crippen molar-refractivity contribution in [3.8, 4) is 0 Å². The van der Waals surface area contributed by atoms with E-state index >= 15 is 0 Å². The summed E-state index contributed by atoms with van der Waals surface area (Å²) in [4.78, 5) is 24.0. The molecular formula is C18H23BrF3NO4. The summed E-state index contributed by atoms with van der Waals surface area (Å²) in [6.07, 6.45) is -5.80. The highest BCUT2D eigenvalue weighted by molar-refractivity contribution is 9.09. The van der Waals surface area contributed by atoms with Gasteiger partial charge in [-0.1, -0.05) is 34.1 Å². The molecule has 0 aliphatic carbocycles. The van der Waals surface area contributed by atoms with Gasteiger partial charge in [0.1, 0.15) is 12.2 Å². The van der Waals surface area contributed by atoms with Gasteiger partial charge < -0.3 is 14.8 Å². The van der Waals surface area contributed by atoms with Crippen LogP contribution in [0, 0.1) is 5.92 Å². The molecule has 0 bridgehead atoms. The maximum Gasteiger partial charge on any atom is 0.407 e. The van der Waals surface area contributed by atoms with Crippen LogP contribution in [0.3, 0.4) is 0 Å². The quantitative estimate of drug-likeness (QED) is 0.479. The molecule has 1 unspecified atom stereocenters. The average molecular weight is 454 g/mol. The molecule has 152 valence electrons. The Bertz CT molecular complexity index is 617. The van der Waals surface area contributed by atoms with E-state index < -0.39 is 48.8 Å². The molecule has 5 nitrogen and oxygen atoms in total. The third kappa shape index (κ3) is 9.12. The number of alkyl carbamates (subject to hydrolysis) is 1. The molecular weight excluding hydrogens is 431 g/mol. The van der Waals surface area contributed by atoms with E-state index in [2.05, 4.69) is 21.2 Å². The molecule has 0 radical (unpaired) electrons. The molecule has 0 spiro atoms. The van der Waals surface area contributed by atoms with Gasteiger partial charge in [-0.2, -0.15) is 13.2 Å². The van der Waals surface area contributed by atoms with Crippen LogP contribution in [-0.2, 0) is 9.47 Å². The zero-order valence-corrected chi connectivity index (χ0v) is 16.9. The molecule has 0 saturated heterocycles. The molecule has 1 rings (SSSR count). The molecule has 27 heavy (non-hydrogen) atoms. The van der Waals surface area contributed by atoms with Gasteiger partial charge in [-0.25, -0.2) is 9.59 Å². The van der Waals surface area contributed by atoms with E-state index in [0.717, 1.165) is 0 Å². The summed E-state index contributed by atoms with van der Waals surface area (Å²) in [6.45, 7) is 4.49. The number of amides is 1. The van der Waals surface area contributed by atoms with Crippen LogP contribution in [0.2, 0.25) is 0 Å². The summed E-state index contributed by atoms with van der Waals surface area (Å²) in [5.74, 6) is -2.40. The topological polar surface area (TPSA) is 64.6 Å². The summed E-state index contributed by atoms with van der Waals surface area (Å²) in [7, 11) is 0. The SMILES string of the molecule is CC(C)(C)OC(=O)N[C@@H](COC(=O)c1ccccc1)CC(CBr)C(F)(F)F. The first-order valence-electron chi connectivity index (χ1n) is 8.26. The number of ether oxygens (including phenoxy) is 2. The van der Waals surface area contributed by atoms with Gasteiger partial charge in [0.2, 0.25) is 0 Å². The molecule has 9 heteroatoms. The second-order valence-electron chi connectivity index (χ2n) is 6.94. The molecule has 0 heterocycles. The van der Waals surface area contributed by atoms with Crippen LogP contribution in [0.25, 0.3) is 0 Å². The lowest BCUT2D eigenvalue weighted by molar-refractivity contribution is -0.171. The average Bonchev–Trinajstić information content (AvgIpc) is 2.54. The van der Waals surface area contributed by atoms with Crippen LogP contribution >= 0.6 is 15.9 Å². The Hall–Kier alpha value is -1.77. The van der Waals surface area contributed by atoms with Crippen molar-refractivity contribution in [2.24, 2.45) is 5.92 Å². The molecule has 0 aromatic heterocycles. The van der Waals surface area contributed by atoms with Crippen LogP contribution in [0.1, 0.15) is 37.6 Å². The third-order valence-corrected chi connectivity index (χ3v) is 4.15. The number of esters is 1. The summed E-state index contributed by atoms with van der Waals surface area (Å²) < 4.78 is 49.4. The second-order valence-corrected chi connectivity index (χ2v) is 7.58. The van der Waals surface area contributed by atoms with E-state index in [9.17, 15) is 22.8 Å². The minimum Gasteiger partial charge on any atom is -0.460 e. The van der Waals surface area contributed by atoms with Crippen molar-refractivity contribution in [1.82, 2.24) is 5.32 Å². The lowest BCUT2D eigenvalue weighted by Crippen LogP contribution is -2.44. The molecule has 0 aliphatic heterocycles. The largest absolute Gasteiger partial charge is 0.460 e. The molecule has 1 N–H and O–H groups in total. The summed E-state index contributed by atoms with van der Waals surface area (Å²) in [6, 6.07) is 6.98. The number of carbonyl (C=O) groups is 2. The first-order chi connectivity index (χ1) is 12.4. The van der Waals surface area contributed by atoms with E-state index in [4.69, 9.17) is 9.47 Å². The number of nitrogens with one attached hydrogen (secondary N) is 1. The van der Waals surface area contributed by atoms with Gasteiger partial charge in [-0.15, -0.1) is 0 Å². The van der Waals surface area contributed by atoms with Gasteiger partial charge in [0.25, 0.3) is 0 Å². The Morgan fingerprint density at radius 3 is 2.22 bits per heavy atom. The predicted molar refractivity (Wildman–Crippen MR) is 97.8 cm³/mol. The fourth-order valence-corrected chi connectivity index (χ4v) is 2.74. The minimum atomic E-state index is -4.46. The maximum atomic E-state index is 13.1. The van der Waals surface area contributed by atoms with Gasteiger partial charge in [0, 0.05) is 5.33 Å². The van der Waals surface area contributed by atoms with Gasteiger partial charge in [-0.05, 0) is 39.3 Å². The van der Waals surface area contributed by atoms with Gasteiger partial charge in [0.05, 0.1) is 17.5 Å². The van der Waals surface area contributed by atoms with Crippen LogP contribution in [0.5, 0.6) is 0 Å². The molecule has 1 aromatic carbocycles. The highest BCUT2D eigenvalue weighted by Crippen LogP contribution is 2.31. The van der Waals surface area contributed by atoms with E-state index in [0.29, 0.717) is 0 Å². The Balaban J connectivity index is 2.80. The number of hydrogen-bond donors (Lipinski definition) is 1. The lowest BCUT2D eigenvalue weighted by atomic mass is 10.0. The fraction of sp³-hybridized carbons (Fsp3) is 0.556. The van der Waals surface area contributed by atoms with Crippen molar-refractivity contribution in [3.63, 3.8) is 0 Å². The van der Waals surface area contributed by atoms with Crippen molar-refractivity contribution in [1.29, 1.82) is 0 Å². The Morgan fingerprint density at radius 1 is 1.15 bits per heavy atom. The predicted octanol–water partition coefficient (Wildman–Crippen LogP) is 4.70. The van der Waals surface area contributed by atoms with Crippen LogP contribution in [-0.4, -0.2) is 41.8 Å². The molecule has 1 aromatic rings. The van der Waals surface area contributed by atoms with Crippen molar-refractivity contribution >= 4 is 28.0 Å². The second kappa shape index (κ2) is 9.96. The lowest BCUT2D eigenvalue weighted by Gasteiger charge is -2.26. The molecule has 0 fully saturated rings. The van der Waals surface area contributed by atoms with Gasteiger partial charge >= 0.3 is 18.2 Å². The zero-order valence-electron chi connectivity index (χ0n) is 15.3. The van der Waals surface area contributed by atoms with E-state index in [1.807, 2.05) is 0 Å². The smallest absolute Gasteiger partial charge is 0.407 e. The normalized spacial score (nSPS) is 14.2. The first-order valence-corrected chi connectivity index (χ1v) is 9.39. The zero-order chi connectivity index (χ0) is 20.7. The van der Waals surface area contributed by atoms with Crippen molar-refractivity contribution in [2.45, 2.75) is 45.0 Å². The van der Waals surface area contributed by atoms with Crippen molar-refractivity contribution < 1.29 is 32.2 Å². The number of alkyl halides is 4. The summed E-state index contributed by atoms with van der Waals surface area (Å²) >= 11 is 2.84. The van der Waals surface area contributed by atoms with E-state index in [1.54, 1.807) is 39.0 Å². The number of hydrogen-bond acceptors (Lipinski definition) is 4. The number of carbonyl (C=O) groups excluding carboxylic acids is 2. The van der Waals surface area contributed by atoms with Crippen LogP contribution < -0.4 is 5.32 Å². The van der Waals surface area contributed by atoms with Crippen LogP contribution in [0.15, 0.2) is 30.3 Å². The number of halogens is 4. The first kappa shape index (κ1) is 23.3. The van der Waals surface area contributed by atoms with Gasteiger partial charge in [-0.3, -0.25) is 0 Å². The number of benzene rings is 1. The fourth-order valence-electron chi connectivity index (χ4n) is 2.10. The highest BCUT2D eigenvalue weighted by atomic mass is 79.9. The molecule has 0 aliphatic rings. The van der Waals surface area contributed by atoms with Crippen molar-refractivity contribution in [3.05, 3.63) is 35.9 Å². The van der Waals surface area contributed by atoms with Crippen LogP contribution in [0.4, 0.5) is 18.0 Å². The van der Waals surface area contributed by atoms with Crippen molar-refractivity contribution in [2.75, 3.05) is 11.9 Å². The molecule has 2 atom stereocenters. The van der Waals surface area contributed by atoms with Gasteiger partial charge in [0.15, 0.2) is 0 Å². The van der Waals surface area contributed by atoms with E-state index in [-0.39, 0.29) is 10.9 Å². The molecule has 0 saturated carbocycles. The summed E-state index contributed by atoms with van der Waals surface area (Å²) in [5.41, 5.74) is -0.546. The summed E-state index contributed by atoms with van der Waals surface area (Å²) in [5, 5.41) is 2.02. The molecule has 1 amide bonds. The minimum absolute atomic E-state index is 0.265. The van der Waals surface area contributed by atoms with E-state index in [1.165, 1.54) is 12.1 Å². The Morgan fingerprint density at radius 2 is 1.74 bits per heavy atom. The Kier molecular flexibility index (Phi) is 8.59. The monoisotopic (exact) mass is 453 g/mol. The number of rotatable bonds is 7. The Labute approximate surface area is 164 Å². The maximum absolute atomic E-state index is 13.1. The highest BCUT2D eigenvalue weighted by Gasteiger charge is 2.40. The standard InChI is InChI=1S/C18H23BrF3NO4/c1-17(2,3)27-16(25)23-14(9-13(10-19)18(20,21)22)11-26-15(24)12-7-5-4-6-8-12/h4-8,13-14H,9-11H2,1-3H3,(H,23,25)/t13?,14-/m1/s1.